The van der Waals surface area contributed by atoms with Gasteiger partial charge in [0.2, 0.25) is 0 Å². The topological polar surface area (TPSA) is 42.4 Å². The van der Waals surface area contributed by atoms with Crippen LogP contribution in [0.15, 0.2) is 34.7 Å². The normalized spacial score (nSPS) is 25.9. The fourth-order valence-corrected chi connectivity index (χ4v) is 3.38. The number of nitrogens with zero attached hydrogens (tertiary/aromatic N) is 1. The average Bonchev–Trinajstić information content (AvgIpc) is 2.90. The highest BCUT2D eigenvalue weighted by Crippen LogP contribution is 2.33. The molecule has 3 unspecified atom stereocenters. The molecule has 3 nitrogen and oxygen atoms in total. The number of hydrogen-bond acceptors (Lipinski definition) is 3. The smallest absolute Gasteiger partial charge is 0.134 e. The summed E-state index contributed by atoms with van der Waals surface area (Å²) in [4.78, 5) is 2.51. The number of likely N-dealkylation sites (tertiary alicyclic amines) is 1. The summed E-state index contributed by atoms with van der Waals surface area (Å²) in [5.41, 5.74) is 6.95. The third-order valence-electron chi connectivity index (χ3n) is 4.65. The van der Waals surface area contributed by atoms with Crippen molar-refractivity contribution in [3.05, 3.63) is 36.1 Å². The van der Waals surface area contributed by atoms with Crippen LogP contribution in [0.1, 0.15) is 38.5 Å². The first-order valence-corrected chi connectivity index (χ1v) is 7.63. The van der Waals surface area contributed by atoms with E-state index in [0.717, 1.165) is 30.4 Å². The van der Waals surface area contributed by atoms with E-state index in [1.807, 2.05) is 12.1 Å². The zero-order valence-corrected chi connectivity index (χ0v) is 12.4. The van der Waals surface area contributed by atoms with Crippen LogP contribution in [0.3, 0.4) is 0 Å². The number of nitrogens with two attached hydrogens (primary N) is 1. The van der Waals surface area contributed by atoms with Gasteiger partial charge in [0.1, 0.15) is 11.3 Å². The molecule has 2 N–H and O–H groups in total. The van der Waals surface area contributed by atoms with Crippen molar-refractivity contribution in [2.45, 2.75) is 38.8 Å². The Labute approximate surface area is 120 Å². The molecular formula is C17H24N2O. The Morgan fingerprint density at radius 1 is 1.40 bits per heavy atom. The summed E-state index contributed by atoms with van der Waals surface area (Å²) in [5, 5.41) is 1.18. The lowest BCUT2D eigenvalue weighted by atomic mass is 9.91. The number of para-hydroxylation sites is 1. The van der Waals surface area contributed by atoms with Gasteiger partial charge >= 0.3 is 0 Å². The van der Waals surface area contributed by atoms with Crippen molar-refractivity contribution in [2.24, 2.45) is 11.7 Å². The quantitative estimate of drug-likeness (QED) is 0.929. The second kappa shape index (κ2) is 5.58. The molecule has 0 radical (unpaired) electrons. The van der Waals surface area contributed by atoms with Crippen LogP contribution in [0.25, 0.3) is 11.0 Å². The van der Waals surface area contributed by atoms with E-state index in [4.69, 9.17) is 10.2 Å². The number of benzene rings is 1. The lowest BCUT2D eigenvalue weighted by Crippen LogP contribution is -2.47. The molecule has 1 aliphatic heterocycles. The van der Waals surface area contributed by atoms with Gasteiger partial charge in [0.25, 0.3) is 0 Å². The van der Waals surface area contributed by atoms with E-state index in [0.29, 0.717) is 12.1 Å². The minimum atomic E-state index is 0.295. The highest BCUT2D eigenvalue weighted by Gasteiger charge is 2.30. The Kier molecular flexibility index (Phi) is 3.81. The lowest BCUT2D eigenvalue weighted by Gasteiger charge is -2.41. The van der Waals surface area contributed by atoms with Gasteiger partial charge in [-0.1, -0.05) is 25.1 Å². The van der Waals surface area contributed by atoms with Crippen molar-refractivity contribution in [1.82, 2.24) is 4.90 Å². The maximum absolute atomic E-state index is 6.02. The Morgan fingerprint density at radius 2 is 2.20 bits per heavy atom. The van der Waals surface area contributed by atoms with E-state index in [1.165, 1.54) is 18.2 Å². The van der Waals surface area contributed by atoms with Gasteiger partial charge in [0.05, 0.1) is 6.04 Å². The molecule has 1 fully saturated rings. The van der Waals surface area contributed by atoms with E-state index < -0.39 is 0 Å². The van der Waals surface area contributed by atoms with Gasteiger partial charge in [-0.3, -0.25) is 4.90 Å². The maximum Gasteiger partial charge on any atom is 0.134 e. The molecule has 2 aromatic rings. The Morgan fingerprint density at radius 3 is 2.95 bits per heavy atom. The number of fused-ring (bicyclic) bond motifs is 1. The standard InChI is InChI=1S/C17H24N2O/c1-12-7-8-19(15(9-12)11-18)13(2)17-10-14-5-3-4-6-16(14)20-17/h3-6,10,12-13,15H,7-9,11,18H2,1-2H3. The molecule has 3 heteroatoms. The molecule has 3 rings (SSSR count). The highest BCUT2D eigenvalue weighted by molar-refractivity contribution is 5.77. The van der Waals surface area contributed by atoms with Gasteiger partial charge in [-0.15, -0.1) is 0 Å². The van der Waals surface area contributed by atoms with E-state index in [9.17, 15) is 0 Å². The molecule has 0 aliphatic carbocycles. The predicted octanol–water partition coefficient (Wildman–Crippen LogP) is 3.55. The van der Waals surface area contributed by atoms with Gasteiger partial charge in [0, 0.05) is 18.0 Å². The summed E-state index contributed by atoms with van der Waals surface area (Å²) in [5.74, 6) is 1.84. The summed E-state index contributed by atoms with van der Waals surface area (Å²) >= 11 is 0. The number of rotatable bonds is 3. The zero-order valence-electron chi connectivity index (χ0n) is 12.4. The molecule has 1 aromatic heterocycles. The Bertz CT molecular complexity index is 544. The fraction of sp³-hybridized carbons (Fsp3) is 0.529. The number of piperidine rings is 1. The molecule has 0 bridgehead atoms. The van der Waals surface area contributed by atoms with Crippen molar-refractivity contribution in [3.63, 3.8) is 0 Å². The van der Waals surface area contributed by atoms with Crippen molar-refractivity contribution in [2.75, 3.05) is 13.1 Å². The third kappa shape index (κ3) is 2.48. The molecule has 0 amide bonds. The second-order valence-corrected chi connectivity index (χ2v) is 6.12. The van der Waals surface area contributed by atoms with Gasteiger partial charge in [-0.05, 0) is 44.4 Å². The molecule has 1 aliphatic rings. The minimum absolute atomic E-state index is 0.295. The Hall–Kier alpha value is -1.32. The lowest BCUT2D eigenvalue weighted by molar-refractivity contribution is 0.0743. The summed E-state index contributed by atoms with van der Waals surface area (Å²) < 4.78 is 6.02. The molecule has 1 saturated heterocycles. The molecule has 1 aromatic carbocycles. The first-order valence-electron chi connectivity index (χ1n) is 7.63. The first kappa shape index (κ1) is 13.7. The summed E-state index contributed by atoms with van der Waals surface area (Å²) in [6.07, 6.45) is 2.45. The number of furan rings is 1. The monoisotopic (exact) mass is 272 g/mol. The van der Waals surface area contributed by atoms with Gasteiger partial charge < -0.3 is 10.2 Å². The Balaban J connectivity index is 1.85. The molecular weight excluding hydrogens is 248 g/mol. The molecule has 0 spiro atoms. The van der Waals surface area contributed by atoms with Crippen LogP contribution in [-0.2, 0) is 0 Å². The highest BCUT2D eigenvalue weighted by atomic mass is 16.3. The van der Waals surface area contributed by atoms with E-state index >= 15 is 0 Å². The van der Waals surface area contributed by atoms with Crippen LogP contribution < -0.4 is 5.73 Å². The first-order chi connectivity index (χ1) is 9.69. The van der Waals surface area contributed by atoms with Crippen LogP contribution in [0, 0.1) is 5.92 Å². The van der Waals surface area contributed by atoms with Crippen molar-refractivity contribution < 1.29 is 4.42 Å². The van der Waals surface area contributed by atoms with E-state index in [1.54, 1.807) is 0 Å². The molecule has 2 heterocycles. The molecule has 0 saturated carbocycles. The molecule has 20 heavy (non-hydrogen) atoms. The zero-order chi connectivity index (χ0) is 14.1. The molecule has 108 valence electrons. The van der Waals surface area contributed by atoms with Crippen LogP contribution in [0.2, 0.25) is 0 Å². The third-order valence-corrected chi connectivity index (χ3v) is 4.65. The van der Waals surface area contributed by atoms with E-state index in [-0.39, 0.29) is 0 Å². The second-order valence-electron chi connectivity index (χ2n) is 6.12. The van der Waals surface area contributed by atoms with E-state index in [2.05, 4.69) is 36.9 Å². The average molecular weight is 272 g/mol. The van der Waals surface area contributed by atoms with Crippen LogP contribution in [-0.4, -0.2) is 24.0 Å². The van der Waals surface area contributed by atoms with Crippen LogP contribution >= 0.6 is 0 Å². The van der Waals surface area contributed by atoms with Crippen molar-refractivity contribution in [3.8, 4) is 0 Å². The maximum atomic E-state index is 6.02. The summed E-state index contributed by atoms with van der Waals surface area (Å²) in [6, 6.07) is 11.2. The van der Waals surface area contributed by atoms with Crippen LogP contribution in [0.5, 0.6) is 0 Å². The minimum Gasteiger partial charge on any atom is -0.459 e. The fourth-order valence-electron chi connectivity index (χ4n) is 3.38. The van der Waals surface area contributed by atoms with Gasteiger partial charge in [0.15, 0.2) is 0 Å². The predicted molar refractivity (Wildman–Crippen MR) is 82.6 cm³/mol. The summed E-state index contributed by atoms with van der Waals surface area (Å²) in [7, 11) is 0. The van der Waals surface area contributed by atoms with Gasteiger partial charge in [-0.25, -0.2) is 0 Å². The van der Waals surface area contributed by atoms with Crippen molar-refractivity contribution >= 4 is 11.0 Å². The summed E-state index contributed by atoms with van der Waals surface area (Å²) in [6.45, 7) is 6.40. The molecule has 3 atom stereocenters. The number of hydrogen-bond donors (Lipinski definition) is 1. The SMILES string of the molecule is CC1CCN(C(C)c2cc3ccccc3o2)C(CN)C1. The van der Waals surface area contributed by atoms with Gasteiger partial charge in [-0.2, -0.15) is 0 Å². The van der Waals surface area contributed by atoms with Crippen LogP contribution in [0.4, 0.5) is 0 Å². The van der Waals surface area contributed by atoms with Crippen molar-refractivity contribution in [1.29, 1.82) is 0 Å². The largest absolute Gasteiger partial charge is 0.459 e.